The molecular formula is C22H25ClF3N3O. The van der Waals surface area contributed by atoms with E-state index in [9.17, 15) is 18.0 Å². The highest BCUT2D eigenvalue weighted by atomic mass is 35.5. The summed E-state index contributed by atoms with van der Waals surface area (Å²) in [5.41, 5.74) is 7.58. The van der Waals surface area contributed by atoms with Crippen LogP contribution in [0.25, 0.3) is 0 Å². The van der Waals surface area contributed by atoms with Gasteiger partial charge in [0.2, 0.25) is 5.91 Å². The van der Waals surface area contributed by atoms with Gasteiger partial charge in [0.15, 0.2) is 0 Å². The zero-order valence-corrected chi connectivity index (χ0v) is 17.7. The van der Waals surface area contributed by atoms with Crippen molar-refractivity contribution in [2.45, 2.75) is 51.6 Å². The zero-order chi connectivity index (χ0) is 22.1. The molecule has 0 unspecified atom stereocenters. The van der Waals surface area contributed by atoms with Crippen LogP contribution in [0.4, 0.5) is 18.9 Å². The average molecular weight is 440 g/mol. The highest BCUT2D eigenvalue weighted by Crippen LogP contribution is 2.42. The van der Waals surface area contributed by atoms with Crippen LogP contribution in [0, 0.1) is 19.8 Å². The number of alkyl halides is 3. The molecule has 0 atom stereocenters. The van der Waals surface area contributed by atoms with Crippen molar-refractivity contribution in [2.24, 2.45) is 11.7 Å². The first-order chi connectivity index (χ1) is 14.1. The van der Waals surface area contributed by atoms with Crippen molar-refractivity contribution in [1.29, 1.82) is 0 Å². The molecule has 1 amide bonds. The van der Waals surface area contributed by atoms with Crippen LogP contribution in [0.15, 0.2) is 24.4 Å². The number of primary amides is 1. The monoisotopic (exact) mass is 439 g/mol. The topological polar surface area (TPSA) is 68.0 Å². The fourth-order valence-corrected chi connectivity index (χ4v) is 4.53. The van der Waals surface area contributed by atoms with E-state index in [0.717, 1.165) is 48.5 Å². The van der Waals surface area contributed by atoms with Gasteiger partial charge >= 0.3 is 6.18 Å². The molecule has 1 aromatic heterocycles. The Labute approximate surface area is 179 Å². The van der Waals surface area contributed by atoms with E-state index in [1.807, 2.05) is 19.9 Å². The molecule has 1 aliphatic carbocycles. The number of nitrogens with zero attached hydrogens (tertiary/aromatic N) is 1. The van der Waals surface area contributed by atoms with Gasteiger partial charge in [0.1, 0.15) is 0 Å². The molecule has 0 spiro atoms. The number of aromatic nitrogens is 1. The van der Waals surface area contributed by atoms with Crippen molar-refractivity contribution in [2.75, 3.05) is 11.9 Å². The molecule has 162 valence electrons. The summed E-state index contributed by atoms with van der Waals surface area (Å²) in [5.74, 6) is -0.677. The van der Waals surface area contributed by atoms with Crippen molar-refractivity contribution >= 4 is 23.2 Å². The molecule has 0 saturated heterocycles. The molecule has 8 heteroatoms. The van der Waals surface area contributed by atoms with E-state index in [-0.39, 0.29) is 16.5 Å². The zero-order valence-electron chi connectivity index (χ0n) is 16.9. The van der Waals surface area contributed by atoms with Gasteiger partial charge in [0.25, 0.3) is 0 Å². The number of rotatable bonds is 5. The lowest BCUT2D eigenvalue weighted by atomic mass is 9.78. The van der Waals surface area contributed by atoms with Gasteiger partial charge in [0.05, 0.1) is 27.5 Å². The van der Waals surface area contributed by atoms with E-state index < -0.39 is 17.6 Å². The minimum atomic E-state index is -4.57. The number of aryl methyl sites for hydroxylation is 2. The second-order valence-electron chi connectivity index (χ2n) is 7.98. The number of anilines is 1. The Morgan fingerprint density at radius 2 is 1.90 bits per heavy atom. The highest BCUT2D eigenvalue weighted by molar-refractivity contribution is 6.34. The van der Waals surface area contributed by atoms with Crippen LogP contribution in [0.1, 0.15) is 64.3 Å². The maximum atomic E-state index is 13.3. The van der Waals surface area contributed by atoms with Gasteiger partial charge in [0, 0.05) is 12.7 Å². The number of hydrogen-bond donors (Lipinski definition) is 2. The Balaban J connectivity index is 1.71. The number of amides is 1. The van der Waals surface area contributed by atoms with E-state index in [2.05, 4.69) is 10.3 Å². The van der Waals surface area contributed by atoms with Gasteiger partial charge in [-0.15, -0.1) is 0 Å². The van der Waals surface area contributed by atoms with Gasteiger partial charge < -0.3 is 11.1 Å². The Kier molecular flexibility index (Phi) is 6.60. The molecule has 2 aromatic rings. The molecular weight excluding hydrogens is 415 g/mol. The molecule has 0 bridgehead atoms. The number of pyridine rings is 1. The van der Waals surface area contributed by atoms with E-state index in [1.165, 1.54) is 0 Å². The summed E-state index contributed by atoms with van der Waals surface area (Å²) < 4.78 is 39.9. The molecule has 4 nitrogen and oxygen atoms in total. The van der Waals surface area contributed by atoms with E-state index >= 15 is 0 Å². The summed E-state index contributed by atoms with van der Waals surface area (Å²) in [6.07, 6.45) is 0.334. The summed E-state index contributed by atoms with van der Waals surface area (Å²) in [5, 5.41) is 3.51. The minimum Gasteiger partial charge on any atom is -0.383 e. The third-order valence-corrected chi connectivity index (χ3v) is 6.32. The molecule has 1 aliphatic rings. The SMILES string of the molecule is Cc1ccnc(C)c1NCC1CCC(c2cc(C(F)(F)F)cc(C(N)=O)c2Cl)CC1. The van der Waals surface area contributed by atoms with Crippen LogP contribution in [-0.2, 0) is 6.18 Å². The third kappa shape index (κ3) is 4.89. The van der Waals surface area contributed by atoms with Gasteiger partial charge in [-0.25, -0.2) is 0 Å². The van der Waals surface area contributed by atoms with Gasteiger partial charge in [-0.2, -0.15) is 13.2 Å². The molecule has 1 fully saturated rings. The first kappa shape index (κ1) is 22.4. The number of hydrogen-bond acceptors (Lipinski definition) is 3. The second kappa shape index (κ2) is 8.84. The van der Waals surface area contributed by atoms with Gasteiger partial charge in [-0.05, 0) is 80.7 Å². The maximum Gasteiger partial charge on any atom is 0.416 e. The smallest absolute Gasteiger partial charge is 0.383 e. The third-order valence-electron chi connectivity index (χ3n) is 5.90. The fourth-order valence-electron chi connectivity index (χ4n) is 4.17. The van der Waals surface area contributed by atoms with Crippen molar-refractivity contribution < 1.29 is 18.0 Å². The molecule has 0 aliphatic heterocycles. The molecule has 0 radical (unpaired) electrons. The lowest BCUT2D eigenvalue weighted by molar-refractivity contribution is -0.137. The lowest BCUT2D eigenvalue weighted by Crippen LogP contribution is -2.22. The normalized spacial score (nSPS) is 19.5. The predicted octanol–water partition coefficient (Wildman–Crippen LogP) is 5.86. The van der Waals surface area contributed by atoms with Crippen LogP contribution >= 0.6 is 11.6 Å². The van der Waals surface area contributed by atoms with Crippen LogP contribution < -0.4 is 11.1 Å². The maximum absolute atomic E-state index is 13.3. The number of halogens is 4. The van der Waals surface area contributed by atoms with Crippen LogP contribution in [0.5, 0.6) is 0 Å². The lowest BCUT2D eigenvalue weighted by Gasteiger charge is -2.30. The Morgan fingerprint density at radius 1 is 1.23 bits per heavy atom. The van der Waals surface area contributed by atoms with Crippen molar-refractivity contribution in [1.82, 2.24) is 4.98 Å². The summed E-state index contributed by atoms with van der Waals surface area (Å²) in [7, 11) is 0. The van der Waals surface area contributed by atoms with Crippen molar-refractivity contribution in [3.63, 3.8) is 0 Å². The standard InChI is InChI=1S/C22H25ClF3N3O/c1-12-7-8-28-13(2)20(12)29-11-14-3-5-15(6-4-14)17-9-16(22(24,25)26)10-18(19(17)23)21(27)30/h7-10,14-15,29H,3-6,11H2,1-2H3,(H2,27,30). The number of carbonyl (C=O) groups excluding carboxylic acids is 1. The first-order valence-corrected chi connectivity index (χ1v) is 10.3. The van der Waals surface area contributed by atoms with Crippen molar-refractivity contribution in [3.05, 3.63) is 57.4 Å². The molecule has 3 N–H and O–H groups in total. The summed E-state index contributed by atoms with van der Waals surface area (Å²) in [6, 6.07) is 3.76. The molecule has 1 aromatic carbocycles. The summed E-state index contributed by atoms with van der Waals surface area (Å²) in [6.45, 7) is 4.76. The van der Waals surface area contributed by atoms with Crippen LogP contribution in [0.2, 0.25) is 5.02 Å². The summed E-state index contributed by atoms with van der Waals surface area (Å²) >= 11 is 6.28. The van der Waals surface area contributed by atoms with E-state index in [0.29, 0.717) is 24.3 Å². The predicted molar refractivity (Wildman–Crippen MR) is 112 cm³/mol. The summed E-state index contributed by atoms with van der Waals surface area (Å²) in [4.78, 5) is 15.9. The van der Waals surface area contributed by atoms with Crippen LogP contribution in [0.3, 0.4) is 0 Å². The quantitative estimate of drug-likeness (QED) is 0.613. The van der Waals surface area contributed by atoms with Crippen molar-refractivity contribution in [3.8, 4) is 0 Å². The molecule has 3 rings (SSSR count). The second-order valence-corrected chi connectivity index (χ2v) is 8.35. The first-order valence-electron chi connectivity index (χ1n) is 9.94. The van der Waals surface area contributed by atoms with Gasteiger partial charge in [-0.1, -0.05) is 11.6 Å². The Hall–Kier alpha value is -2.28. The van der Waals surface area contributed by atoms with E-state index in [4.69, 9.17) is 17.3 Å². The molecule has 30 heavy (non-hydrogen) atoms. The minimum absolute atomic E-state index is 0.0404. The largest absolute Gasteiger partial charge is 0.416 e. The number of carbonyl (C=O) groups is 1. The Bertz CT molecular complexity index is 918. The highest BCUT2D eigenvalue weighted by Gasteiger charge is 2.34. The Morgan fingerprint density at radius 3 is 2.47 bits per heavy atom. The van der Waals surface area contributed by atoms with Crippen LogP contribution in [-0.4, -0.2) is 17.4 Å². The molecule has 1 heterocycles. The number of nitrogens with one attached hydrogen (secondary N) is 1. The van der Waals surface area contributed by atoms with E-state index in [1.54, 1.807) is 6.20 Å². The average Bonchev–Trinajstić information content (AvgIpc) is 2.67. The molecule has 1 saturated carbocycles. The van der Waals surface area contributed by atoms with Gasteiger partial charge in [-0.3, -0.25) is 9.78 Å². The number of nitrogens with two attached hydrogens (primary N) is 1. The fraction of sp³-hybridized carbons (Fsp3) is 0.455. The number of benzene rings is 1.